The maximum absolute atomic E-state index is 5.68. The van der Waals surface area contributed by atoms with Gasteiger partial charge in [-0.15, -0.1) is 0 Å². The lowest BCUT2D eigenvalue weighted by molar-refractivity contribution is 0.131. The molecule has 3 rings (SSSR count). The van der Waals surface area contributed by atoms with Gasteiger partial charge in [0, 0.05) is 27.2 Å². The summed E-state index contributed by atoms with van der Waals surface area (Å²) in [7, 11) is 3.81. The number of rotatable bonds is 7. The van der Waals surface area contributed by atoms with Crippen LogP contribution < -0.4 is 10.2 Å². The molecule has 0 bridgehead atoms. The van der Waals surface area contributed by atoms with Crippen LogP contribution in [-0.4, -0.2) is 54.0 Å². The normalized spacial score (nSPS) is 14.7. The predicted octanol–water partition coefficient (Wildman–Crippen LogP) is 1.26. The molecule has 7 nitrogen and oxygen atoms in total. The van der Waals surface area contributed by atoms with Crippen molar-refractivity contribution in [3.63, 3.8) is 0 Å². The van der Waals surface area contributed by atoms with Gasteiger partial charge >= 0.3 is 0 Å². The summed E-state index contributed by atoms with van der Waals surface area (Å²) < 4.78 is 5.68. The fourth-order valence-corrected chi connectivity index (χ4v) is 2.06. The van der Waals surface area contributed by atoms with E-state index in [-0.39, 0.29) is 0 Å². The second kappa shape index (κ2) is 5.62. The number of nitrogens with zero attached hydrogens (tertiary/aromatic N) is 4. The van der Waals surface area contributed by atoms with E-state index in [1.54, 1.807) is 13.2 Å². The number of likely N-dealkylation sites (N-methyl/N-ethyl adjacent to an activating group) is 1. The SMILES string of the molecule is CNc1nc(N(C)CCOCC2CC2)c2cn[nH]c2n1. The first-order valence-electron chi connectivity index (χ1n) is 6.95. The van der Waals surface area contributed by atoms with Crippen LogP contribution >= 0.6 is 0 Å². The Morgan fingerprint density at radius 1 is 1.45 bits per heavy atom. The van der Waals surface area contributed by atoms with Gasteiger partial charge in [-0.2, -0.15) is 15.1 Å². The lowest BCUT2D eigenvalue weighted by atomic mass is 10.3. The zero-order valence-corrected chi connectivity index (χ0v) is 11.9. The molecule has 1 aliphatic rings. The van der Waals surface area contributed by atoms with E-state index in [1.165, 1.54) is 12.8 Å². The Labute approximate surface area is 117 Å². The van der Waals surface area contributed by atoms with E-state index >= 15 is 0 Å². The Morgan fingerprint density at radius 3 is 3.05 bits per heavy atom. The molecule has 20 heavy (non-hydrogen) atoms. The number of aromatic nitrogens is 4. The van der Waals surface area contributed by atoms with Gasteiger partial charge in [0.2, 0.25) is 5.95 Å². The number of aromatic amines is 1. The zero-order chi connectivity index (χ0) is 13.9. The number of anilines is 2. The summed E-state index contributed by atoms with van der Waals surface area (Å²) in [5.41, 5.74) is 0.741. The second-order valence-corrected chi connectivity index (χ2v) is 5.19. The van der Waals surface area contributed by atoms with E-state index in [2.05, 4.69) is 30.4 Å². The fraction of sp³-hybridized carbons (Fsp3) is 0.615. The molecule has 1 fully saturated rings. The minimum Gasteiger partial charge on any atom is -0.379 e. The third-order valence-electron chi connectivity index (χ3n) is 3.50. The highest BCUT2D eigenvalue weighted by molar-refractivity contribution is 5.87. The minimum atomic E-state index is 0.586. The largest absolute Gasteiger partial charge is 0.379 e. The highest BCUT2D eigenvalue weighted by Gasteiger charge is 2.21. The minimum absolute atomic E-state index is 0.586. The van der Waals surface area contributed by atoms with E-state index in [0.29, 0.717) is 12.6 Å². The van der Waals surface area contributed by atoms with Crippen molar-refractivity contribution in [2.45, 2.75) is 12.8 Å². The monoisotopic (exact) mass is 276 g/mol. The molecule has 0 aliphatic heterocycles. The molecule has 1 aliphatic carbocycles. The van der Waals surface area contributed by atoms with Crippen LogP contribution in [0.25, 0.3) is 11.0 Å². The van der Waals surface area contributed by atoms with Crippen molar-refractivity contribution in [1.29, 1.82) is 0 Å². The van der Waals surface area contributed by atoms with E-state index in [4.69, 9.17) is 4.74 Å². The molecule has 7 heteroatoms. The lowest BCUT2D eigenvalue weighted by Gasteiger charge is -2.19. The highest BCUT2D eigenvalue weighted by Crippen LogP contribution is 2.28. The summed E-state index contributed by atoms with van der Waals surface area (Å²) in [5.74, 6) is 2.25. The average Bonchev–Trinajstić information content (AvgIpc) is 3.17. The smallest absolute Gasteiger partial charge is 0.226 e. The molecule has 0 unspecified atom stereocenters. The number of hydrogen-bond donors (Lipinski definition) is 2. The second-order valence-electron chi connectivity index (χ2n) is 5.19. The summed E-state index contributed by atoms with van der Waals surface area (Å²) >= 11 is 0. The molecule has 1 saturated carbocycles. The van der Waals surface area contributed by atoms with Crippen LogP contribution in [0.4, 0.5) is 11.8 Å². The van der Waals surface area contributed by atoms with E-state index in [9.17, 15) is 0 Å². The number of hydrogen-bond acceptors (Lipinski definition) is 6. The predicted molar refractivity (Wildman–Crippen MR) is 78.0 cm³/mol. The molecule has 0 radical (unpaired) electrons. The zero-order valence-electron chi connectivity index (χ0n) is 11.9. The molecule has 0 saturated heterocycles. The molecular weight excluding hydrogens is 256 g/mol. The number of fused-ring (bicyclic) bond motifs is 1. The molecular formula is C13H20N6O. The maximum Gasteiger partial charge on any atom is 0.226 e. The Kier molecular flexibility index (Phi) is 3.68. The van der Waals surface area contributed by atoms with Gasteiger partial charge in [-0.1, -0.05) is 0 Å². The number of H-pyrrole nitrogens is 1. The first kappa shape index (κ1) is 13.1. The Balaban J connectivity index is 1.68. The molecule has 0 amide bonds. The Bertz CT molecular complexity index is 579. The number of nitrogens with one attached hydrogen (secondary N) is 2. The van der Waals surface area contributed by atoms with Crippen molar-refractivity contribution in [2.24, 2.45) is 5.92 Å². The molecule has 2 aromatic heterocycles. The van der Waals surface area contributed by atoms with Crippen LogP contribution in [0, 0.1) is 5.92 Å². The van der Waals surface area contributed by atoms with Gasteiger partial charge in [-0.25, -0.2) is 0 Å². The van der Waals surface area contributed by atoms with Crippen LogP contribution in [0.5, 0.6) is 0 Å². The molecule has 2 aromatic rings. The van der Waals surface area contributed by atoms with Gasteiger partial charge < -0.3 is 15.0 Å². The van der Waals surface area contributed by atoms with Crippen LogP contribution in [0.3, 0.4) is 0 Å². The molecule has 0 atom stereocenters. The van der Waals surface area contributed by atoms with Crippen molar-refractivity contribution in [3.8, 4) is 0 Å². The van der Waals surface area contributed by atoms with Crippen LogP contribution in [0.2, 0.25) is 0 Å². The first-order valence-corrected chi connectivity index (χ1v) is 6.95. The molecule has 0 aromatic carbocycles. The van der Waals surface area contributed by atoms with Crippen molar-refractivity contribution in [3.05, 3.63) is 6.20 Å². The molecule has 108 valence electrons. The third-order valence-corrected chi connectivity index (χ3v) is 3.50. The first-order chi connectivity index (χ1) is 9.78. The number of ether oxygens (including phenoxy) is 1. The summed E-state index contributed by atoms with van der Waals surface area (Å²) in [6.45, 7) is 2.40. The Morgan fingerprint density at radius 2 is 2.30 bits per heavy atom. The quantitative estimate of drug-likeness (QED) is 0.741. The van der Waals surface area contributed by atoms with Gasteiger partial charge in [0.25, 0.3) is 0 Å². The summed E-state index contributed by atoms with van der Waals surface area (Å²) in [6.07, 6.45) is 4.40. The van der Waals surface area contributed by atoms with Crippen molar-refractivity contribution >= 4 is 22.8 Å². The van der Waals surface area contributed by atoms with Gasteiger partial charge in [0.1, 0.15) is 5.82 Å². The van der Waals surface area contributed by atoms with Gasteiger partial charge in [0.15, 0.2) is 5.65 Å². The highest BCUT2D eigenvalue weighted by atomic mass is 16.5. The third kappa shape index (κ3) is 2.82. The summed E-state index contributed by atoms with van der Waals surface area (Å²) in [6, 6.07) is 0. The standard InChI is InChI=1S/C13H20N6O/c1-14-13-16-11-10(7-15-18-11)12(17-13)19(2)5-6-20-8-9-3-4-9/h7,9H,3-6,8H2,1-2H3,(H2,14,15,16,17,18). The van der Waals surface area contributed by atoms with Crippen molar-refractivity contribution in [2.75, 3.05) is 44.1 Å². The van der Waals surface area contributed by atoms with Crippen molar-refractivity contribution in [1.82, 2.24) is 20.2 Å². The van der Waals surface area contributed by atoms with E-state index in [0.717, 1.165) is 35.9 Å². The van der Waals surface area contributed by atoms with E-state index < -0.39 is 0 Å². The van der Waals surface area contributed by atoms with E-state index in [1.807, 2.05) is 7.05 Å². The average molecular weight is 276 g/mol. The van der Waals surface area contributed by atoms with Gasteiger partial charge in [0.05, 0.1) is 18.2 Å². The van der Waals surface area contributed by atoms with Crippen LogP contribution in [0.1, 0.15) is 12.8 Å². The molecule has 2 heterocycles. The van der Waals surface area contributed by atoms with Crippen LogP contribution in [0.15, 0.2) is 6.20 Å². The molecule has 0 spiro atoms. The van der Waals surface area contributed by atoms with Crippen LogP contribution in [-0.2, 0) is 4.74 Å². The summed E-state index contributed by atoms with van der Waals surface area (Å²) in [5, 5.41) is 10.8. The maximum atomic E-state index is 5.68. The molecule has 2 N–H and O–H groups in total. The van der Waals surface area contributed by atoms with Gasteiger partial charge in [-0.05, 0) is 18.8 Å². The lowest BCUT2D eigenvalue weighted by Crippen LogP contribution is -2.24. The van der Waals surface area contributed by atoms with Crippen molar-refractivity contribution < 1.29 is 4.74 Å². The fourth-order valence-electron chi connectivity index (χ4n) is 2.06. The van der Waals surface area contributed by atoms with Gasteiger partial charge in [-0.3, -0.25) is 5.10 Å². The Hall–Kier alpha value is -1.89. The summed E-state index contributed by atoms with van der Waals surface area (Å²) in [4.78, 5) is 10.9. The topological polar surface area (TPSA) is 79.0 Å².